The number of rotatable bonds is 4. The number of ether oxygens (including phenoxy) is 2. The molecule has 0 aliphatic carbocycles. The Morgan fingerprint density at radius 1 is 1.31 bits per heavy atom. The number of carbonyl (C=O) groups is 1. The van der Waals surface area contributed by atoms with Gasteiger partial charge in [0.1, 0.15) is 16.5 Å². The van der Waals surface area contributed by atoms with Crippen LogP contribution in [0, 0.1) is 13.8 Å². The first-order valence-corrected chi connectivity index (χ1v) is 9.59. The number of nitrogens with zero attached hydrogens (tertiary/aromatic N) is 3. The van der Waals surface area contributed by atoms with Gasteiger partial charge in [-0.25, -0.2) is 4.68 Å². The summed E-state index contributed by atoms with van der Waals surface area (Å²) in [6, 6.07) is 6.96. The Balaban J connectivity index is 1.63. The van der Waals surface area contributed by atoms with Gasteiger partial charge in [-0.05, 0) is 43.2 Å². The SMILES string of the molecule is COc1cccc(-n2ncc3c2COC[C@H]3NC(=O)c2cc(C)c(C)cn2)c1Cl. The summed E-state index contributed by atoms with van der Waals surface area (Å²) in [6.07, 6.45) is 3.45. The maximum absolute atomic E-state index is 12.7. The van der Waals surface area contributed by atoms with Crippen LogP contribution in [-0.4, -0.2) is 34.4 Å². The predicted molar refractivity (Wildman–Crippen MR) is 109 cm³/mol. The molecule has 0 spiro atoms. The number of benzene rings is 1. The molecular formula is C21H21ClN4O3. The van der Waals surface area contributed by atoms with Gasteiger partial charge >= 0.3 is 0 Å². The van der Waals surface area contributed by atoms with Crippen molar-refractivity contribution in [1.29, 1.82) is 0 Å². The van der Waals surface area contributed by atoms with Gasteiger partial charge < -0.3 is 14.8 Å². The van der Waals surface area contributed by atoms with Crippen LogP contribution >= 0.6 is 11.6 Å². The lowest BCUT2D eigenvalue weighted by molar-refractivity contribution is 0.0684. The molecule has 29 heavy (non-hydrogen) atoms. The van der Waals surface area contributed by atoms with Gasteiger partial charge in [0, 0.05) is 11.8 Å². The Morgan fingerprint density at radius 3 is 2.90 bits per heavy atom. The van der Waals surface area contributed by atoms with E-state index < -0.39 is 0 Å². The van der Waals surface area contributed by atoms with Crippen molar-refractivity contribution in [2.24, 2.45) is 0 Å². The Labute approximate surface area is 173 Å². The third-order valence-corrected chi connectivity index (χ3v) is 5.48. The van der Waals surface area contributed by atoms with Crippen molar-refractivity contribution in [3.8, 4) is 11.4 Å². The fraction of sp³-hybridized carbons (Fsp3) is 0.286. The van der Waals surface area contributed by atoms with E-state index >= 15 is 0 Å². The molecule has 3 heterocycles. The third-order valence-electron chi connectivity index (χ3n) is 5.10. The van der Waals surface area contributed by atoms with Gasteiger partial charge in [0.05, 0.1) is 43.9 Å². The molecule has 3 aromatic rings. The summed E-state index contributed by atoms with van der Waals surface area (Å²) in [5.41, 5.74) is 4.87. The maximum Gasteiger partial charge on any atom is 0.270 e. The second kappa shape index (κ2) is 7.85. The molecule has 0 unspecified atom stereocenters. The molecule has 0 radical (unpaired) electrons. The number of carbonyl (C=O) groups excluding carboxylic acids is 1. The quantitative estimate of drug-likeness (QED) is 0.709. The highest BCUT2D eigenvalue weighted by molar-refractivity contribution is 6.33. The lowest BCUT2D eigenvalue weighted by Crippen LogP contribution is -2.34. The first kappa shape index (κ1) is 19.4. The number of hydrogen-bond donors (Lipinski definition) is 1. The topological polar surface area (TPSA) is 78.3 Å². The normalized spacial score (nSPS) is 15.7. The number of hydrogen-bond acceptors (Lipinski definition) is 5. The lowest BCUT2D eigenvalue weighted by Gasteiger charge is -2.24. The van der Waals surface area contributed by atoms with Crippen LogP contribution in [0.3, 0.4) is 0 Å². The van der Waals surface area contributed by atoms with Gasteiger partial charge in [0.2, 0.25) is 0 Å². The lowest BCUT2D eigenvalue weighted by atomic mass is 10.1. The van der Waals surface area contributed by atoms with Crippen LogP contribution in [0.5, 0.6) is 5.75 Å². The monoisotopic (exact) mass is 412 g/mol. The summed E-state index contributed by atoms with van der Waals surface area (Å²) in [4.78, 5) is 16.9. The summed E-state index contributed by atoms with van der Waals surface area (Å²) in [7, 11) is 1.57. The predicted octanol–water partition coefficient (Wildman–Crippen LogP) is 3.55. The first-order valence-electron chi connectivity index (χ1n) is 9.21. The molecule has 150 valence electrons. The molecule has 0 fully saturated rings. The highest BCUT2D eigenvalue weighted by atomic mass is 35.5. The standard InChI is InChI=1S/C21H21ClN4O3/c1-12-7-15(23-8-13(12)2)21(27)25-16-10-29-11-18-14(16)9-24-26(18)17-5-4-6-19(28-3)20(17)22/h4-9,16H,10-11H2,1-3H3,(H,25,27)/t16-/m1/s1. The fourth-order valence-electron chi connectivity index (χ4n) is 3.31. The molecule has 1 amide bonds. The molecule has 0 saturated heterocycles. The minimum atomic E-state index is -0.326. The van der Waals surface area contributed by atoms with Crippen LogP contribution in [0.4, 0.5) is 0 Å². The Hall–Kier alpha value is -2.90. The van der Waals surface area contributed by atoms with E-state index in [1.807, 2.05) is 26.0 Å². The molecule has 0 bridgehead atoms. The first-order chi connectivity index (χ1) is 14.0. The van der Waals surface area contributed by atoms with Crippen molar-refractivity contribution in [1.82, 2.24) is 20.1 Å². The maximum atomic E-state index is 12.7. The fourth-order valence-corrected chi connectivity index (χ4v) is 3.60. The molecule has 1 aliphatic heterocycles. The molecule has 1 atom stereocenters. The van der Waals surface area contributed by atoms with E-state index in [1.165, 1.54) is 0 Å². The van der Waals surface area contributed by atoms with E-state index in [0.29, 0.717) is 35.4 Å². The summed E-state index contributed by atoms with van der Waals surface area (Å²) in [5, 5.41) is 7.96. The zero-order valence-corrected chi connectivity index (χ0v) is 17.2. The van der Waals surface area contributed by atoms with Crippen molar-refractivity contribution >= 4 is 17.5 Å². The highest BCUT2D eigenvalue weighted by Crippen LogP contribution is 2.33. The molecule has 2 aromatic heterocycles. The molecule has 4 rings (SSSR count). The summed E-state index contributed by atoms with van der Waals surface area (Å²) >= 11 is 6.47. The van der Waals surface area contributed by atoms with Crippen LogP contribution < -0.4 is 10.1 Å². The number of aromatic nitrogens is 3. The van der Waals surface area contributed by atoms with Gasteiger partial charge in [0.25, 0.3) is 5.91 Å². The van der Waals surface area contributed by atoms with Crippen molar-refractivity contribution in [2.75, 3.05) is 13.7 Å². The number of fused-ring (bicyclic) bond motifs is 1. The molecule has 1 aliphatic rings. The Kier molecular flexibility index (Phi) is 5.25. The summed E-state index contributed by atoms with van der Waals surface area (Å²) < 4.78 is 12.8. The van der Waals surface area contributed by atoms with E-state index in [-0.39, 0.29) is 11.9 Å². The largest absolute Gasteiger partial charge is 0.495 e. The summed E-state index contributed by atoms with van der Waals surface area (Å²) in [5.74, 6) is 0.317. The van der Waals surface area contributed by atoms with E-state index in [9.17, 15) is 4.79 Å². The van der Waals surface area contributed by atoms with Gasteiger partial charge in [-0.15, -0.1) is 0 Å². The van der Waals surface area contributed by atoms with E-state index in [1.54, 1.807) is 36.3 Å². The molecule has 1 aromatic carbocycles. The van der Waals surface area contributed by atoms with Crippen LogP contribution in [0.1, 0.15) is 38.9 Å². The smallest absolute Gasteiger partial charge is 0.270 e. The zero-order valence-electron chi connectivity index (χ0n) is 16.4. The van der Waals surface area contributed by atoms with Gasteiger partial charge in [0.15, 0.2) is 0 Å². The Morgan fingerprint density at radius 2 is 2.14 bits per heavy atom. The molecule has 7 nitrogen and oxygen atoms in total. The van der Waals surface area contributed by atoms with Gasteiger partial charge in [-0.2, -0.15) is 5.10 Å². The minimum Gasteiger partial charge on any atom is -0.495 e. The van der Waals surface area contributed by atoms with Crippen LogP contribution in [0.15, 0.2) is 36.7 Å². The molecule has 0 saturated carbocycles. The molecule has 1 N–H and O–H groups in total. The molecular weight excluding hydrogens is 392 g/mol. The number of methoxy groups -OCH3 is 1. The van der Waals surface area contributed by atoms with Crippen LogP contribution in [-0.2, 0) is 11.3 Å². The van der Waals surface area contributed by atoms with E-state index in [2.05, 4.69) is 15.4 Å². The second-order valence-corrected chi connectivity index (χ2v) is 7.32. The number of halogens is 1. The highest BCUT2D eigenvalue weighted by Gasteiger charge is 2.28. The number of aryl methyl sites for hydroxylation is 2. The average molecular weight is 413 g/mol. The third kappa shape index (κ3) is 3.59. The van der Waals surface area contributed by atoms with Gasteiger partial charge in [-0.1, -0.05) is 17.7 Å². The molecule has 8 heteroatoms. The van der Waals surface area contributed by atoms with Crippen molar-refractivity contribution in [2.45, 2.75) is 26.5 Å². The van der Waals surface area contributed by atoms with Crippen molar-refractivity contribution in [3.63, 3.8) is 0 Å². The second-order valence-electron chi connectivity index (χ2n) is 6.95. The van der Waals surface area contributed by atoms with E-state index in [0.717, 1.165) is 22.4 Å². The van der Waals surface area contributed by atoms with Crippen LogP contribution in [0.2, 0.25) is 5.02 Å². The van der Waals surface area contributed by atoms with Crippen molar-refractivity contribution < 1.29 is 14.3 Å². The minimum absolute atomic E-state index is 0.248. The van der Waals surface area contributed by atoms with Crippen LogP contribution in [0.25, 0.3) is 5.69 Å². The van der Waals surface area contributed by atoms with Gasteiger partial charge in [-0.3, -0.25) is 9.78 Å². The zero-order chi connectivity index (χ0) is 20.5. The number of nitrogens with one attached hydrogen (secondary N) is 1. The van der Waals surface area contributed by atoms with E-state index in [4.69, 9.17) is 21.1 Å². The summed E-state index contributed by atoms with van der Waals surface area (Å²) in [6.45, 7) is 4.65. The number of amides is 1. The number of pyridine rings is 1. The average Bonchev–Trinajstić information content (AvgIpc) is 3.15. The Bertz CT molecular complexity index is 1080. The van der Waals surface area contributed by atoms with Crippen molar-refractivity contribution in [3.05, 3.63) is 69.8 Å².